The van der Waals surface area contributed by atoms with Crippen LogP contribution in [0, 0.1) is 0 Å². The molecule has 0 unspecified atom stereocenters. The van der Waals surface area contributed by atoms with Gasteiger partial charge in [-0.3, -0.25) is 0 Å². The first-order valence-electron chi connectivity index (χ1n) is 7.07. The molecule has 0 spiro atoms. The summed E-state index contributed by atoms with van der Waals surface area (Å²) in [4.78, 5) is 3.56. The Hall–Kier alpha value is -2.19. The van der Waals surface area contributed by atoms with Gasteiger partial charge in [0.2, 0.25) is 0 Å². The van der Waals surface area contributed by atoms with Gasteiger partial charge in [0.05, 0.1) is 0 Å². The summed E-state index contributed by atoms with van der Waals surface area (Å²) >= 11 is 6.15. The number of H-pyrrole nitrogens is 1. The molecule has 1 aromatic heterocycles. The average molecular weight is 295 g/mol. The summed E-state index contributed by atoms with van der Waals surface area (Å²) in [6.45, 7) is 5.05. The van der Waals surface area contributed by atoms with Crippen molar-refractivity contribution in [1.82, 2.24) is 10.3 Å². The number of aromatic amines is 1. The van der Waals surface area contributed by atoms with E-state index < -0.39 is 0 Å². The Labute approximate surface area is 128 Å². The first-order valence-corrected chi connectivity index (χ1v) is 7.44. The van der Waals surface area contributed by atoms with Crippen molar-refractivity contribution >= 4 is 28.2 Å². The predicted molar refractivity (Wildman–Crippen MR) is 89.5 cm³/mol. The van der Waals surface area contributed by atoms with Crippen LogP contribution in [-0.4, -0.2) is 11.5 Å². The van der Waals surface area contributed by atoms with E-state index in [-0.39, 0.29) is 0 Å². The molecular formula is C18H15ClN2. The van der Waals surface area contributed by atoms with Crippen molar-refractivity contribution in [3.63, 3.8) is 0 Å². The molecule has 1 aliphatic heterocycles. The van der Waals surface area contributed by atoms with Crippen LogP contribution in [-0.2, 0) is 6.42 Å². The predicted octanol–water partition coefficient (Wildman–Crippen LogP) is 4.60. The second-order valence-electron chi connectivity index (χ2n) is 5.37. The third-order valence-corrected chi connectivity index (χ3v) is 4.31. The number of benzene rings is 2. The van der Waals surface area contributed by atoms with E-state index in [1.54, 1.807) is 0 Å². The molecule has 2 N–H and O–H groups in total. The molecule has 2 nitrogen and oxygen atoms in total. The lowest BCUT2D eigenvalue weighted by Crippen LogP contribution is -2.12. The van der Waals surface area contributed by atoms with E-state index in [4.69, 9.17) is 11.6 Å². The molecule has 1 aliphatic rings. The zero-order valence-corrected chi connectivity index (χ0v) is 12.3. The SMILES string of the molecule is C=C1NCCc2c(-c3cccc(Cl)c3)[nH]c3cccc1c23. The smallest absolute Gasteiger partial charge is 0.0498 e. The van der Waals surface area contributed by atoms with Crippen molar-refractivity contribution in [2.75, 3.05) is 6.54 Å². The maximum Gasteiger partial charge on any atom is 0.0498 e. The molecule has 21 heavy (non-hydrogen) atoms. The molecule has 0 atom stereocenters. The highest BCUT2D eigenvalue weighted by Crippen LogP contribution is 2.36. The minimum absolute atomic E-state index is 0.759. The summed E-state index contributed by atoms with van der Waals surface area (Å²) in [7, 11) is 0. The van der Waals surface area contributed by atoms with Gasteiger partial charge >= 0.3 is 0 Å². The van der Waals surface area contributed by atoms with E-state index in [0.29, 0.717) is 0 Å². The number of hydrogen-bond acceptors (Lipinski definition) is 1. The molecule has 0 radical (unpaired) electrons. The summed E-state index contributed by atoms with van der Waals surface area (Å²) in [5.74, 6) is 0. The van der Waals surface area contributed by atoms with Crippen molar-refractivity contribution in [3.05, 3.63) is 65.2 Å². The third kappa shape index (κ3) is 1.95. The summed E-state index contributed by atoms with van der Waals surface area (Å²) in [5.41, 5.74) is 6.97. The topological polar surface area (TPSA) is 27.8 Å². The molecule has 3 aromatic rings. The van der Waals surface area contributed by atoms with Crippen molar-refractivity contribution < 1.29 is 0 Å². The lowest BCUT2D eigenvalue weighted by Gasteiger charge is -2.06. The van der Waals surface area contributed by atoms with Crippen LogP contribution in [0.15, 0.2) is 49.0 Å². The van der Waals surface area contributed by atoms with E-state index in [0.717, 1.165) is 40.5 Å². The molecule has 3 heteroatoms. The van der Waals surface area contributed by atoms with Crippen LogP contribution in [0.5, 0.6) is 0 Å². The molecule has 2 aromatic carbocycles. The average Bonchev–Trinajstić information content (AvgIpc) is 2.77. The summed E-state index contributed by atoms with van der Waals surface area (Å²) in [6, 6.07) is 14.3. The maximum atomic E-state index is 6.15. The largest absolute Gasteiger partial charge is 0.385 e. The van der Waals surface area contributed by atoms with Crippen molar-refractivity contribution in [2.45, 2.75) is 6.42 Å². The van der Waals surface area contributed by atoms with Gasteiger partial charge in [-0.25, -0.2) is 0 Å². The Morgan fingerprint density at radius 3 is 2.81 bits per heavy atom. The van der Waals surface area contributed by atoms with Crippen LogP contribution in [0.2, 0.25) is 5.02 Å². The first kappa shape index (κ1) is 12.5. The number of rotatable bonds is 1. The van der Waals surface area contributed by atoms with Gasteiger partial charge in [0, 0.05) is 39.4 Å². The number of nitrogens with one attached hydrogen (secondary N) is 2. The first-order chi connectivity index (χ1) is 10.2. The van der Waals surface area contributed by atoms with Gasteiger partial charge in [-0.05, 0) is 35.7 Å². The van der Waals surface area contributed by atoms with E-state index in [1.807, 2.05) is 18.2 Å². The monoisotopic (exact) mass is 294 g/mol. The van der Waals surface area contributed by atoms with Crippen molar-refractivity contribution in [2.24, 2.45) is 0 Å². The normalized spacial score (nSPS) is 14.0. The molecule has 0 bridgehead atoms. The molecule has 104 valence electrons. The van der Waals surface area contributed by atoms with Gasteiger partial charge in [0.1, 0.15) is 0 Å². The van der Waals surface area contributed by atoms with Crippen LogP contribution >= 0.6 is 11.6 Å². The molecule has 0 aliphatic carbocycles. The minimum Gasteiger partial charge on any atom is -0.385 e. The fourth-order valence-electron chi connectivity index (χ4n) is 3.14. The molecule has 0 saturated carbocycles. The second kappa shape index (κ2) is 4.68. The fourth-order valence-corrected chi connectivity index (χ4v) is 3.33. The second-order valence-corrected chi connectivity index (χ2v) is 5.81. The number of hydrogen-bond donors (Lipinski definition) is 2. The highest BCUT2D eigenvalue weighted by molar-refractivity contribution is 6.30. The molecule has 0 fully saturated rings. The Balaban J connectivity index is 2.05. The van der Waals surface area contributed by atoms with E-state index >= 15 is 0 Å². The summed E-state index contributed by atoms with van der Waals surface area (Å²) in [6.07, 6.45) is 0.970. The maximum absolute atomic E-state index is 6.15. The van der Waals surface area contributed by atoms with Crippen molar-refractivity contribution in [1.29, 1.82) is 0 Å². The highest BCUT2D eigenvalue weighted by atomic mass is 35.5. The van der Waals surface area contributed by atoms with E-state index in [1.165, 1.54) is 16.5 Å². The molecule has 0 saturated heterocycles. The Morgan fingerprint density at radius 2 is 1.95 bits per heavy atom. The number of halogens is 1. The van der Waals surface area contributed by atoms with Crippen LogP contribution in [0.1, 0.15) is 11.1 Å². The Kier molecular flexibility index (Phi) is 2.79. The quantitative estimate of drug-likeness (QED) is 0.674. The minimum atomic E-state index is 0.759. The van der Waals surface area contributed by atoms with Crippen molar-refractivity contribution in [3.8, 4) is 11.3 Å². The lowest BCUT2D eigenvalue weighted by molar-refractivity contribution is 0.863. The highest BCUT2D eigenvalue weighted by Gasteiger charge is 2.19. The van der Waals surface area contributed by atoms with Gasteiger partial charge in [-0.1, -0.05) is 42.4 Å². The van der Waals surface area contributed by atoms with Crippen LogP contribution in [0.25, 0.3) is 27.9 Å². The lowest BCUT2D eigenvalue weighted by atomic mass is 10.00. The van der Waals surface area contributed by atoms with Crippen LogP contribution in [0.4, 0.5) is 0 Å². The molecule has 4 rings (SSSR count). The van der Waals surface area contributed by atoms with Crippen LogP contribution < -0.4 is 5.32 Å². The van der Waals surface area contributed by atoms with Gasteiger partial charge in [-0.15, -0.1) is 0 Å². The summed E-state index contributed by atoms with van der Waals surface area (Å²) in [5, 5.41) is 5.43. The molecule has 2 heterocycles. The standard InChI is InChI=1S/C18H15ClN2/c1-11-14-6-3-7-16-17(14)15(8-9-20-11)18(21-16)12-4-2-5-13(19)10-12/h2-7,10,20-21H,1,8-9H2. The van der Waals surface area contributed by atoms with E-state index in [9.17, 15) is 0 Å². The Bertz CT molecular complexity index is 861. The van der Waals surface area contributed by atoms with Gasteiger partial charge in [0.15, 0.2) is 0 Å². The van der Waals surface area contributed by atoms with Crippen LogP contribution in [0.3, 0.4) is 0 Å². The zero-order chi connectivity index (χ0) is 14.4. The Morgan fingerprint density at radius 1 is 1.10 bits per heavy atom. The third-order valence-electron chi connectivity index (χ3n) is 4.08. The van der Waals surface area contributed by atoms with Gasteiger partial charge in [-0.2, -0.15) is 0 Å². The number of aromatic nitrogens is 1. The van der Waals surface area contributed by atoms with Gasteiger partial charge < -0.3 is 10.3 Å². The van der Waals surface area contributed by atoms with Gasteiger partial charge in [0.25, 0.3) is 0 Å². The zero-order valence-electron chi connectivity index (χ0n) is 11.5. The summed E-state index contributed by atoms with van der Waals surface area (Å²) < 4.78 is 0. The molecular weight excluding hydrogens is 280 g/mol. The van der Waals surface area contributed by atoms with E-state index in [2.05, 4.69) is 41.1 Å². The fraction of sp³-hybridized carbons (Fsp3) is 0.111. The molecule has 0 amide bonds.